The van der Waals surface area contributed by atoms with Crippen molar-refractivity contribution in [2.45, 2.75) is 13.0 Å². The third kappa shape index (κ3) is 2.11. The van der Waals surface area contributed by atoms with Crippen molar-refractivity contribution >= 4 is 16.7 Å². The van der Waals surface area contributed by atoms with E-state index in [-0.39, 0.29) is 0 Å². The molecular formula is C14H11NO3. The summed E-state index contributed by atoms with van der Waals surface area (Å²) in [7, 11) is 0. The molecule has 0 heterocycles. The predicted octanol–water partition coefficient (Wildman–Crippen LogP) is 2.56. The van der Waals surface area contributed by atoms with Crippen LogP contribution in [0.1, 0.15) is 12.5 Å². The first-order valence-electron chi connectivity index (χ1n) is 5.45. The number of carboxylic acids is 1. The average molecular weight is 241 g/mol. The summed E-state index contributed by atoms with van der Waals surface area (Å²) in [4.78, 5) is 10.8. The number of ether oxygens (including phenoxy) is 1. The van der Waals surface area contributed by atoms with E-state index in [4.69, 9.17) is 15.1 Å². The Morgan fingerprint density at radius 1 is 1.28 bits per heavy atom. The van der Waals surface area contributed by atoms with Crippen molar-refractivity contribution in [1.82, 2.24) is 0 Å². The Kier molecular flexibility index (Phi) is 3.16. The lowest BCUT2D eigenvalue weighted by molar-refractivity contribution is -0.144. The van der Waals surface area contributed by atoms with Gasteiger partial charge in [-0.25, -0.2) is 4.79 Å². The summed E-state index contributed by atoms with van der Waals surface area (Å²) >= 11 is 0. The highest BCUT2D eigenvalue weighted by atomic mass is 16.5. The van der Waals surface area contributed by atoms with Gasteiger partial charge < -0.3 is 9.84 Å². The van der Waals surface area contributed by atoms with Gasteiger partial charge in [0, 0.05) is 10.8 Å². The number of nitrogens with zero attached hydrogens (tertiary/aromatic N) is 1. The molecule has 2 aromatic rings. The van der Waals surface area contributed by atoms with Gasteiger partial charge in [0.1, 0.15) is 5.75 Å². The van der Waals surface area contributed by atoms with Crippen LogP contribution in [-0.2, 0) is 4.79 Å². The molecule has 4 heteroatoms. The molecule has 0 saturated heterocycles. The van der Waals surface area contributed by atoms with Gasteiger partial charge in [0.25, 0.3) is 0 Å². The zero-order valence-electron chi connectivity index (χ0n) is 9.75. The van der Waals surface area contributed by atoms with Gasteiger partial charge in [0.15, 0.2) is 6.10 Å². The molecule has 0 bridgehead atoms. The first-order valence-corrected chi connectivity index (χ1v) is 5.45. The van der Waals surface area contributed by atoms with Gasteiger partial charge in [-0.2, -0.15) is 5.26 Å². The summed E-state index contributed by atoms with van der Waals surface area (Å²) in [6, 6.07) is 12.6. The number of benzene rings is 2. The molecule has 0 aliphatic heterocycles. The fourth-order valence-electron chi connectivity index (χ4n) is 1.71. The lowest BCUT2D eigenvalue weighted by Gasteiger charge is -2.13. The predicted molar refractivity (Wildman–Crippen MR) is 66.4 cm³/mol. The maximum atomic E-state index is 10.8. The second-order valence-corrected chi connectivity index (χ2v) is 3.87. The minimum Gasteiger partial charge on any atom is -0.479 e. The van der Waals surface area contributed by atoms with E-state index in [1.807, 2.05) is 18.2 Å². The van der Waals surface area contributed by atoms with Crippen LogP contribution in [-0.4, -0.2) is 17.2 Å². The second-order valence-electron chi connectivity index (χ2n) is 3.87. The third-order valence-electron chi connectivity index (χ3n) is 2.66. The van der Waals surface area contributed by atoms with Crippen molar-refractivity contribution in [2.24, 2.45) is 0 Å². The summed E-state index contributed by atoms with van der Waals surface area (Å²) in [6.45, 7) is 1.47. The molecule has 2 aromatic carbocycles. The first-order chi connectivity index (χ1) is 8.63. The molecule has 0 spiro atoms. The number of carboxylic acid groups (broad SMARTS) is 1. The Morgan fingerprint density at radius 2 is 1.94 bits per heavy atom. The molecule has 1 atom stereocenters. The van der Waals surface area contributed by atoms with Gasteiger partial charge in [-0.1, -0.05) is 24.3 Å². The number of carbonyl (C=O) groups is 1. The lowest BCUT2D eigenvalue weighted by atomic mass is 10.0. The molecule has 0 amide bonds. The molecule has 90 valence electrons. The summed E-state index contributed by atoms with van der Waals surface area (Å²) in [6.07, 6.45) is -0.929. The number of rotatable bonds is 3. The quantitative estimate of drug-likeness (QED) is 0.896. The van der Waals surface area contributed by atoms with Crippen molar-refractivity contribution in [3.8, 4) is 11.8 Å². The number of hydrogen-bond donors (Lipinski definition) is 1. The Hall–Kier alpha value is -2.54. The molecular weight excluding hydrogens is 230 g/mol. The van der Waals surface area contributed by atoms with E-state index >= 15 is 0 Å². The van der Waals surface area contributed by atoms with Crippen LogP contribution in [0.5, 0.6) is 5.75 Å². The third-order valence-corrected chi connectivity index (χ3v) is 2.66. The van der Waals surface area contributed by atoms with E-state index in [2.05, 4.69) is 6.07 Å². The van der Waals surface area contributed by atoms with E-state index in [0.717, 1.165) is 10.8 Å². The second kappa shape index (κ2) is 4.76. The van der Waals surface area contributed by atoms with Crippen LogP contribution in [0.4, 0.5) is 0 Å². The molecule has 2 rings (SSSR count). The fourth-order valence-corrected chi connectivity index (χ4v) is 1.71. The van der Waals surface area contributed by atoms with Gasteiger partial charge in [-0.3, -0.25) is 0 Å². The standard InChI is InChI=1S/C14H11NO3/c1-9(14(16)17)18-13-7-6-10(8-15)11-4-2-3-5-12(11)13/h2-7,9H,1H3,(H,16,17)/t9-/m0/s1. The minimum atomic E-state index is -1.02. The Bertz CT molecular complexity index is 643. The van der Waals surface area contributed by atoms with Crippen LogP contribution in [0.3, 0.4) is 0 Å². The topological polar surface area (TPSA) is 70.3 Å². The zero-order chi connectivity index (χ0) is 13.1. The summed E-state index contributed by atoms with van der Waals surface area (Å²) in [5.41, 5.74) is 0.543. The highest BCUT2D eigenvalue weighted by Crippen LogP contribution is 2.28. The largest absolute Gasteiger partial charge is 0.479 e. The zero-order valence-corrected chi connectivity index (χ0v) is 9.75. The van der Waals surface area contributed by atoms with Crippen molar-refractivity contribution in [1.29, 1.82) is 5.26 Å². The lowest BCUT2D eigenvalue weighted by Crippen LogP contribution is -2.22. The van der Waals surface area contributed by atoms with Crippen LogP contribution in [0.25, 0.3) is 10.8 Å². The molecule has 0 aromatic heterocycles. The summed E-state index contributed by atoms with van der Waals surface area (Å²) in [5.74, 6) is -0.553. The highest BCUT2D eigenvalue weighted by Gasteiger charge is 2.14. The van der Waals surface area contributed by atoms with Crippen LogP contribution < -0.4 is 4.74 Å². The van der Waals surface area contributed by atoms with Crippen molar-refractivity contribution in [2.75, 3.05) is 0 Å². The van der Waals surface area contributed by atoms with E-state index in [0.29, 0.717) is 11.3 Å². The molecule has 18 heavy (non-hydrogen) atoms. The summed E-state index contributed by atoms with van der Waals surface area (Å²) in [5, 5.41) is 19.4. The Labute approximate surface area is 104 Å². The van der Waals surface area contributed by atoms with Crippen LogP contribution in [0, 0.1) is 11.3 Å². The highest BCUT2D eigenvalue weighted by molar-refractivity contribution is 5.93. The average Bonchev–Trinajstić information content (AvgIpc) is 2.39. The van der Waals surface area contributed by atoms with Crippen LogP contribution in [0.2, 0.25) is 0 Å². The number of nitriles is 1. The Morgan fingerprint density at radius 3 is 2.56 bits per heavy atom. The van der Waals surface area contributed by atoms with Gasteiger partial charge >= 0.3 is 5.97 Å². The maximum absolute atomic E-state index is 10.8. The molecule has 0 saturated carbocycles. The fraction of sp³-hybridized carbons (Fsp3) is 0.143. The molecule has 0 fully saturated rings. The van der Waals surface area contributed by atoms with Crippen LogP contribution >= 0.6 is 0 Å². The van der Waals surface area contributed by atoms with Gasteiger partial charge in [-0.15, -0.1) is 0 Å². The maximum Gasteiger partial charge on any atom is 0.344 e. The Balaban J connectivity index is 2.54. The smallest absolute Gasteiger partial charge is 0.344 e. The molecule has 0 aliphatic carbocycles. The summed E-state index contributed by atoms with van der Waals surface area (Å²) < 4.78 is 5.38. The van der Waals surface area contributed by atoms with Crippen molar-refractivity contribution in [3.63, 3.8) is 0 Å². The molecule has 0 unspecified atom stereocenters. The normalized spacial score (nSPS) is 11.8. The van der Waals surface area contributed by atoms with Gasteiger partial charge in [0.2, 0.25) is 0 Å². The van der Waals surface area contributed by atoms with Crippen LogP contribution in [0.15, 0.2) is 36.4 Å². The molecule has 4 nitrogen and oxygen atoms in total. The number of aliphatic carboxylic acids is 1. The van der Waals surface area contributed by atoms with E-state index in [1.54, 1.807) is 18.2 Å². The van der Waals surface area contributed by atoms with Gasteiger partial charge in [0.05, 0.1) is 11.6 Å². The van der Waals surface area contributed by atoms with E-state index in [1.165, 1.54) is 6.92 Å². The minimum absolute atomic E-state index is 0.472. The number of fused-ring (bicyclic) bond motifs is 1. The van der Waals surface area contributed by atoms with Crippen molar-refractivity contribution in [3.05, 3.63) is 42.0 Å². The van der Waals surface area contributed by atoms with E-state index in [9.17, 15) is 4.79 Å². The van der Waals surface area contributed by atoms with E-state index < -0.39 is 12.1 Å². The first kappa shape index (κ1) is 11.9. The van der Waals surface area contributed by atoms with Crippen molar-refractivity contribution < 1.29 is 14.6 Å². The SMILES string of the molecule is C[C@H](Oc1ccc(C#N)c2ccccc12)C(=O)O. The monoisotopic (exact) mass is 241 g/mol. The van der Waals surface area contributed by atoms with Gasteiger partial charge in [-0.05, 0) is 19.1 Å². The molecule has 0 aliphatic rings. The number of hydrogen-bond acceptors (Lipinski definition) is 3. The molecule has 1 N–H and O–H groups in total. The molecule has 0 radical (unpaired) electrons.